The molecule has 1 N–H and O–H groups in total. The fourth-order valence-corrected chi connectivity index (χ4v) is 3.51. The van der Waals surface area contributed by atoms with Gasteiger partial charge in [0.1, 0.15) is 12.4 Å². The molecular weight excluding hydrogens is 401 g/mol. The van der Waals surface area contributed by atoms with E-state index in [0.29, 0.717) is 26.7 Å². The van der Waals surface area contributed by atoms with Crippen molar-refractivity contribution in [2.45, 2.75) is 26.9 Å². The van der Waals surface area contributed by atoms with Crippen LogP contribution in [0.25, 0.3) is 11.0 Å². The average molecular weight is 420 g/mol. The molecular formula is C20H19Cl2N3O3. The third-order valence-electron chi connectivity index (χ3n) is 4.47. The molecule has 3 rings (SSSR count). The van der Waals surface area contributed by atoms with Crippen LogP contribution in [0.4, 0.5) is 0 Å². The zero-order chi connectivity index (χ0) is 20.4. The van der Waals surface area contributed by atoms with E-state index in [1.165, 1.54) is 4.90 Å². The molecule has 146 valence electrons. The number of aromatic nitrogens is 2. The van der Waals surface area contributed by atoms with Gasteiger partial charge in [-0.25, -0.2) is 4.98 Å². The number of imidazole rings is 1. The molecule has 1 heterocycles. The van der Waals surface area contributed by atoms with Crippen LogP contribution in [0.1, 0.15) is 28.7 Å². The summed E-state index contributed by atoms with van der Waals surface area (Å²) in [5.41, 5.74) is 2.71. The molecule has 0 fully saturated rings. The molecule has 2 aromatic carbocycles. The summed E-state index contributed by atoms with van der Waals surface area (Å²) >= 11 is 12.0. The van der Waals surface area contributed by atoms with Gasteiger partial charge in [0, 0.05) is 18.7 Å². The predicted octanol–water partition coefficient (Wildman–Crippen LogP) is 4.40. The second-order valence-electron chi connectivity index (χ2n) is 6.41. The predicted molar refractivity (Wildman–Crippen MR) is 109 cm³/mol. The second-order valence-corrected chi connectivity index (χ2v) is 7.22. The molecule has 0 radical (unpaired) electrons. The summed E-state index contributed by atoms with van der Waals surface area (Å²) in [5, 5.41) is 9.99. The Hall–Kier alpha value is -2.57. The van der Waals surface area contributed by atoms with E-state index in [9.17, 15) is 14.7 Å². The molecule has 8 heteroatoms. The fourth-order valence-electron chi connectivity index (χ4n) is 3.19. The first-order chi connectivity index (χ1) is 13.3. The zero-order valence-electron chi connectivity index (χ0n) is 15.4. The maximum absolute atomic E-state index is 13.0. The Kier molecular flexibility index (Phi) is 5.91. The molecule has 28 heavy (non-hydrogen) atoms. The highest BCUT2D eigenvalue weighted by Crippen LogP contribution is 2.24. The van der Waals surface area contributed by atoms with Crippen molar-refractivity contribution < 1.29 is 14.7 Å². The minimum atomic E-state index is -1.10. The molecule has 6 nitrogen and oxygen atoms in total. The Morgan fingerprint density at radius 2 is 1.89 bits per heavy atom. The van der Waals surface area contributed by atoms with E-state index < -0.39 is 12.5 Å². The summed E-state index contributed by atoms with van der Waals surface area (Å²) in [6.07, 6.45) is 0. The maximum Gasteiger partial charge on any atom is 0.323 e. The molecule has 0 aliphatic rings. The Balaban J connectivity index is 1.93. The molecule has 0 aliphatic carbocycles. The third kappa shape index (κ3) is 4.13. The van der Waals surface area contributed by atoms with Gasteiger partial charge in [-0.3, -0.25) is 9.59 Å². The number of rotatable bonds is 6. The van der Waals surface area contributed by atoms with Crippen molar-refractivity contribution in [2.24, 2.45) is 0 Å². The van der Waals surface area contributed by atoms with Crippen LogP contribution in [0, 0.1) is 6.92 Å². The number of hydrogen-bond acceptors (Lipinski definition) is 3. The summed E-state index contributed by atoms with van der Waals surface area (Å²) < 4.78 is 2.05. The van der Waals surface area contributed by atoms with Crippen molar-refractivity contribution in [3.8, 4) is 0 Å². The van der Waals surface area contributed by atoms with Gasteiger partial charge in [0.15, 0.2) is 0 Å². The number of nitrogens with zero attached hydrogens (tertiary/aromatic N) is 3. The Morgan fingerprint density at radius 1 is 1.14 bits per heavy atom. The van der Waals surface area contributed by atoms with E-state index in [-0.39, 0.29) is 12.5 Å². The molecule has 0 unspecified atom stereocenters. The standard InChI is InChI=1S/C20H19Cl2N3O3/c1-3-25-12(2)23-17-9-14(5-7-18(17)25)20(28)24(11-19(26)27)10-13-4-6-15(21)16(22)8-13/h4-9H,3,10-11H2,1-2H3,(H,26,27). The fraction of sp³-hybridized carbons (Fsp3) is 0.250. The molecule has 1 amide bonds. The number of aryl methyl sites for hydroxylation is 2. The smallest absolute Gasteiger partial charge is 0.323 e. The lowest BCUT2D eigenvalue weighted by atomic mass is 10.1. The molecule has 0 bridgehead atoms. The number of carboxylic acids is 1. The van der Waals surface area contributed by atoms with E-state index in [0.717, 1.165) is 17.9 Å². The van der Waals surface area contributed by atoms with Gasteiger partial charge in [-0.1, -0.05) is 29.3 Å². The maximum atomic E-state index is 13.0. The monoisotopic (exact) mass is 419 g/mol. The number of benzene rings is 2. The van der Waals surface area contributed by atoms with Crippen molar-refractivity contribution in [3.63, 3.8) is 0 Å². The summed E-state index contributed by atoms with van der Waals surface area (Å²) in [6.45, 7) is 4.38. The van der Waals surface area contributed by atoms with Crippen LogP contribution in [-0.2, 0) is 17.9 Å². The number of halogens is 2. The van der Waals surface area contributed by atoms with Crippen LogP contribution in [-0.4, -0.2) is 38.0 Å². The minimum Gasteiger partial charge on any atom is -0.480 e. The zero-order valence-corrected chi connectivity index (χ0v) is 17.0. The number of carboxylic acid groups (broad SMARTS) is 1. The van der Waals surface area contributed by atoms with Crippen molar-refractivity contribution in [3.05, 3.63) is 63.4 Å². The van der Waals surface area contributed by atoms with Gasteiger partial charge >= 0.3 is 5.97 Å². The molecule has 0 saturated carbocycles. The Morgan fingerprint density at radius 3 is 2.54 bits per heavy atom. The molecule has 0 aliphatic heterocycles. The van der Waals surface area contributed by atoms with Gasteiger partial charge in [0.05, 0.1) is 21.1 Å². The van der Waals surface area contributed by atoms with Crippen molar-refractivity contribution in [1.82, 2.24) is 14.5 Å². The summed E-state index contributed by atoms with van der Waals surface area (Å²) in [4.78, 5) is 30.1. The SMILES string of the molecule is CCn1c(C)nc2cc(C(=O)N(CC(=O)O)Cc3ccc(Cl)c(Cl)c3)ccc21. The van der Waals surface area contributed by atoms with Crippen LogP contribution in [0.3, 0.4) is 0 Å². The van der Waals surface area contributed by atoms with Gasteiger partial charge in [-0.15, -0.1) is 0 Å². The quantitative estimate of drug-likeness (QED) is 0.642. The molecule has 3 aromatic rings. The van der Waals surface area contributed by atoms with Crippen molar-refractivity contribution >= 4 is 46.1 Å². The molecule has 0 spiro atoms. The topological polar surface area (TPSA) is 75.4 Å². The van der Waals surface area contributed by atoms with Crippen LogP contribution in [0.5, 0.6) is 0 Å². The Bertz CT molecular complexity index is 1060. The summed E-state index contributed by atoms with van der Waals surface area (Å²) in [6, 6.07) is 10.2. The highest BCUT2D eigenvalue weighted by atomic mass is 35.5. The number of carbonyl (C=O) groups is 2. The van der Waals surface area contributed by atoms with E-state index in [1.54, 1.807) is 30.3 Å². The highest BCUT2D eigenvalue weighted by Gasteiger charge is 2.20. The minimum absolute atomic E-state index is 0.0997. The Labute approximate surface area is 172 Å². The molecule has 0 atom stereocenters. The molecule has 0 saturated heterocycles. The first-order valence-corrected chi connectivity index (χ1v) is 9.47. The van der Waals surface area contributed by atoms with Gasteiger partial charge < -0.3 is 14.6 Å². The van der Waals surface area contributed by atoms with Crippen molar-refractivity contribution in [1.29, 1.82) is 0 Å². The van der Waals surface area contributed by atoms with Crippen molar-refractivity contribution in [2.75, 3.05) is 6.54 Å². The number of fused-ring (bicyclic) bond motifs is 1. The average Bonchev–Trinajstić information content (AvgIpc) is 2.97. The summed E-state index contributed by atoms with van der Waals surface area (Å²) in [7, 11) is 0. The second kappa shape index (κ2) is 8.20. The largest absolute Gasteiger partial charge is 0.480 e. The van der Waals surface area contributed by atoms with Gasteiger partial charge in [0.2, 0.25) is 0 Å². The van der Waals surface area contributed by atoms with Gasteiger partial charge in [-0.2, -0.15) is 0 Å². The first kappa shape index (κ1) is 20.2. The number of hydrogen-bond donors (Lipinski definition) is 1. The van der Waals surface area contributed by atoms with Crippen LogP contribution < -0.4 is 0 Å². The summed E-state index contributed by atoms with van der Waals surface area (Å²) in [5.74, 6) is -0.625. The van der Waals surface area contributed by atoms with E-state index in [1.807, 2.05) is 24.5 Å². The number of aliphatic carboxylic acids is 1. The van der Waals surface area contributed by atoms with Gasteiger partial charge in [-0.05, 0) is 49.7 Å². The lowest BCUT2D eigenvalue weighted by molar-refractivity contribution is -0.137. The highest BCUT2D eigenvalue weighted by molar-refractivity contribution is 6.42. The van der Waals surface area contributed by atoms with Crippen LogP contribution >= 0.6 is 23.2 Å². The normalized spacial score (nSPS) is 11.0. The van der Waals surface area contributed by atoms with E-state index in [4.69, 9.17) is 23.2 Å². The lowest BCUT2D eigenvalue weighted by Gasteiger charge is -2.21. The molecule has 1 aromatic heterocycles. The van der Waals surface area contributed by atoms with E-state index >= 15 is 0 Å². The van der Waals surface area contributed by atoms with Crippen LogP contribution in [0.15, 0.2) is 36.4 Å². The van der Waals surface area contributed by atoms with Crippen LogP contribution in [0.2, 0.25) is 10.0 Å². The third-order valence-corrected chi connectivity index (χ3v) is 5.21. The lowest BCUT2D eigenvalue weighted by Crippen LogP contribution is -2.35. The van der Waals surface area contributed by atoms with E-state index in [2.05, 4.69) is 4.98 Å². The first-order valence-electron chi connectivity index (χ1n) is 8.72. The van der Waals surface area contributed by atoms with Gasteiger partial charge in [0.25, 0.3) is 5.91 Å². The number of carbonyl (C=O) groups excluding carboxylic acids is 1. The number of amides is 1.